The molecule has 0 aromatic carbocycles. The Kier molecular flexibility index (Phi) is 4.51. The lowest BCUT2D eigenvalue weighted by Gasteiger charge is -2.26. The van der Waals surface area contributed by atoms with Gasteiger partial charge in [-0.1, -0.05) is 0 Å². The van der Waals surface area contributed by atoms with Crippen LogP contribution in [0.5, 0.6) is 0 Å². The van der Waals surface area contributed by atoms with E-state index in [4.69, 9.17) is 9.88 Å². The van der Waals surface area contributed by atoms with Crippen LogP contribution in [0, 0.1) is 0 Å². The number of rotatable bonds is 5. The predicted octanol–water partition coefficient (Wildman–Crippen LogP) is -0.226. The van der Waals surface area contributed by atoms with E-state index >= 15 is 0 Å². The summed E-state index contributed by atoms with van der Waals surface area (Å²) in [7, 11) is -1.32. The highest BCUT2D eigenvalue weighted by molar-refractivity contribution is 7.89. The molecule has 5 nitrogen and oxygen atoms in total. The Labute approximate surface area is 91.6 Å². The van der Waals surface area contributed by atoms with Crippen molar-refractivity contribution < 1.29 is 13.2 Å². The predicted molar refractivity (Wildman–Crippen MR) is 59.0 cm³/mol. The van der Waals surface area contributed by atoms with E-state index in [1.165, 1.54) is 0 Å². The lowest BCUT2D eigenvalue weighted by Crippen LogP contribution is -2.38. The molecule has 1 rings (SSSR count). The Morgan fingerprint density at radius 3 is 2.67 bits per heavy atom. The highest BCUT2D eigenvalue weighted by Crippen LogP contribution is 2.18. The lowest BCUT2D eigenvalue weighted by atomic mass is 10.1. The average molecular weight is 236 g/mol. The van der Waals surface area contributed by atoms with Crippen molar-refractivity contribution in [3.05, 3.63) is 0 Å². The molecular weight excluding hydrogens is 216 g/mol. The lowest BCUT2D eigenvalue weighted by molar-refractivity contribution is 0.0838. The van der Waals surface area contributed by atoms with Crippen LogP contribution in [0.25, 0.3) is 0 Å². The Morgan fingerprint density at radius 1 is 1.53 bits per heavy atom. The zero-order chi connectivity index (χ0) is 11.5. The van der Waals surface area contributed by atoms with Gasteiger partial charge in [0.15, 0.2) is 0 Å². The van der Waals surface area contributed by atoms with Crippen molar-refractivity contribution in [3.8, 4) is 0 Å². The van der Waals surface area contributed by atoms with Crippen molar-refractivity contribution in [2.24, 2.45) is 5.14 Å². The molecule has 1 fully saturated rings. The minimum absolute atomic E-state index is 0.0549. The van der Waals surface area contributed by atoms with Crippen LogP contribution in [-0.2, 0) is 14.8 Å². The first kappa shape index (κ1) is 12.9. The van der Waals surface area contributed by atoms with Gasteiger partial charge in [-0.25, -0.2) is 13.6 Å². The molecule has 0 amide bonds. The zero-order valence-electron chi connectivity index (χ0n) is 9.35. The first-order valence-corrected chi connectivity index (χ1v) is 6.94. The molecule has 1 saturated heterocycles. The van der Waals surface area contributed by atoms with Gasteiger partial charge in [-0.2, -0.15) is 0 Å². The normalized spacial score (nSPS) is 27.5. The fraction of sp³-hybridized carbons (Fsp3) is 1.00. The first-order valence-electron chi connectivity index (χ1n) is 5.22. The summed E-state index contributed by atoms with van der Waals surface area (Å²) in [6.07, 6.45) is 1.84. The molecule has 0 radical (unpaired) electrons. The number of nitrogens with zero attached hydrogens (tertiary/aromatic N) is 1. The van der Waals surface area contributed by atoms with Gasteiger partial charge < -0.3 is 9.64 Å². The number of ether oxygens (including phenoxy) is 1. The third-order valence-electron chi connectivity index (χ3n) is 2.84. The molecule has 0 aliphatic carbocycles. The van der Waals surface area contributed by atoms with E-state index in [0.29, 0.717) is 12.5 Å². The third-order valence-corrected chi connectivity index (χ3v) is 3.70. The summed E-state index contributed by atoms with van der Waals surface area (Å²) in [5, 5.41) is 4.93. The minimum atomic E-state index is -3.31. The fourth-order valence-electron chi connectivity index (χ4n) is 1.98. The second kappa shape index (κ2) is 5.25. The van der Waals surface area contributed by atoms with Crippen LogP contribution < -0.4 is 5.14 Å². The van der Waals surface area contributed by atoms with E-state index in [-0.39, 0.29) is 11.9 Å². The molecule has 0 bridgehead atoms. The van der Waals surface area contributed by atoms with Crippen molar-refractivity contribution in [2.45, 2.75) is 31.9 Å². The Bertz CT molecular complexity index is 292. The smallest absolute Gasteiger partial charge is 0.209 e. The summed E-state index contributed by atoms with van der Waals surface area (Å²) in [4.78, 5) is 2.16. The molecule has 15 heavy (non-hydrogen) atoms. The van der Waals surface area contributed by atoms with Crippen LogP contribution in [-0.4, -0.2) is 51.4 Å². The number of likely N-dealkylation sites (N-methyl/N-ethyl adjacent to an activating group) is 1. The molecule has 2 unspecified atom stereocenters. The maximum absolute atomic E-state index is 10.7. The third kappa shape index (κ3) is 4.46. The number of hydrogen-bond acceptors (Lipinski definition) is 4. The molecule has 1 aliphatic rings. The van der Waals surface area contributed by atoms with E-state index in [9.17, 15) is 8.42 Å². The van der Waals surface area contributed by atoms with Crippen molar-refractivity contribution in [1.29, 1.82) is 0 Å². The average Bonchev–Trinajstić information content (AvgIpc) is 2.48. The summed E-state index contributed by atoms with van der Waals surface area (Å²) < 4.78 is 26.9. The first-order chi connectivity index (χ1) is 6.90. The summed E-state index contributed by atoms with van der Waals surface area (Å²) in [6, 6.07) is 0.408. The standard InChI is InChI=1S/C9H20N2O3S/c1-8-9(4-6-14-8)11(2)5-3-7-15(10,12)13/h8-9H,3-7H2,1-2H3,(H2,10,12,13). The fourth-order valence-corrected chi connectivity index (χ4v) is 2.51. The Hall–Kier alpha value is -0.170. The van der Waals surface area contributed by atoms with Crippen LogP contribution >= 0.6 is 0 Å². The van der Waals surface area contributed by atoms with E-state index in [1.807, 2.05) is 14.0 Å². The quantitative estimate of drug-likeness (QED) is 0.716. The molecule has 0 spiro atoms. The Morgan fingerprint density at radius 2 is 2.20 bits per heavy atom. The molecule has 0 saturated carbocycles. The molecule has 2 atom stereocenters. The second-order valence-electron chi connectivity index (χ2n) is 4.13. The summed E-state index contributed by atoms with van der Waals surface area (Å²) in [6.45, 7) is 3.59. The molecule has 2 N–H and O–H groups in total. The molecule has 0 aromatic heterocycles. The highest BCUT2D eigenvalue weighted by atomic mass is 32.2. The molecule has 1 heterocycles. The van der Waals surface area contributed by atoms with Gasteiger partial charge >= 0.3 is 0 Å². The topological polar surface area (TPSA) is 72.6 Å². The highest BCUT2D eigenvalue weighted by Gasteiger charge is 2.27. The second-order valence-corrected chi connectivity index (χ2v) is 5.87. The van der Waals surface area contributed by atoms with Crippen LogP contribution in [0.15, 0.2) is 0 Å². The van der Waals surface area contributed by atoms with Gasteiger partial charge in [0.1, 0.15) is 0 Å². The molecular formula is C9H20N2O3S. The molecule has 6 heteroatoms. The van der Waals surface area contributed by atoms with Gasteiger partial charge in [0.05, 0.1) is 11.9 Å². The molecule has 1 aliphatic heterocycles. The van der Waals surface area contributed by atoms with Crippen molar-refractivity contribution in [3.63, 3.8) is 0 Å². The number of primary sulfonamides is 1. The largest absolute Gasteiger partial charge is 0.377 e. The van der Waals surface area contributed by atoms with Crippen LogP contribution in [0.1, 0.15) is 19.8 Å². The van der Waals surface area contributed by atoms with Gasteiger partial charge in [-0.15, -0.1) is 0 Å². The van der Waals surface area contributed by atoms with E-state index < -0.39 is 10.0 Å². The van der Waals surface area contributed by atoms with Crippen molar-refractivity contribution >= 4 is 10.0 Å². The van der Waals surface area contributed by atoms with E-state index in [2.05, 4.69) is 4.90 Å². The summed E-state index contributed by atoms with van der Waals surface area (Å²) in [5.74, 6) is 0.0549. The Balaban J connectivity index is 2.27. The van der Waals surface area contributed by atoms with Gasteiger partial charge in [0.25, 0.3) is 0 Å². The van der Waals surface area contributed by atoms with E-state index in [1.54, 1.807) is 0 Å². The summed E-state index contributed by atoms with van der Waals surface area (Å²) in [5.41, 5.74) is 0. The van der Waals surface area contributed by atoms with Crippen LogP contribution in [0.3, 0.4) is 0 Å². The molecule has 0 aromatic rings. The number of sulfonamides is 1. The van der Waals surface area contributed by atoms with E-state index in [0.717, 1.165) is 19.6 Å². The zero-order valence-corrected chi connectivity index (χ0v) is 10.2. The minimum Gasteiger partial charge on any atom is -0.377 e. The maximum Gasteiger partial charge on any atom is 0.209 e. The summed E-state index contributed by atoms with van der Waals surface area (Å²) >= 11 is 0. The molecule has 90 valence electrons. The van der Waals surface area contributed by atoms with Gasteiger partial charge in [-0.3, -0.25) is 0 Å². The monoisotopic (exact) mass is 236 g/mol. The number of nitrogens with two attached hydrogens (primary N) is 1. The van der Waals surface area contributed by atoms with Gasteiger partial charge in [0, 0.05) is 12.6 Å². The van der Waals surface area contributed by atoms with Crippen molar-refractivity contribution in [2.75, 3.05) is 26.0 Å². The van der Waals surface area contributed by atoms with Gasteiger partial charge in [0.2, 0.25) is 10.0 Å². The van der Waals surface area contributed by atoms with Crippen molar-refractivity contribution in [1.82, 2.24) is 4.90 Å². The van der Waals surface area contributed by atoms with Crippen LogP contribution in [0.4, 0.5) is 0 Å². The van der Waals surface area contributed by atoms with Crippen LogP contribution in [0.2, 0.25) is 0 Å². The van der Waals surface area contributed by atoms with Gasteiger partial charge in [-0.05, 0) is 33.4 Å². The maximum atomic E-state index is 10.7. The SMILES string of the molecule is CC1OCCC1N(C)CCCS(N)(=O)=O. The number of hydrogen-bond donors (Lipinski definition) is 1.